The predicted molar refractivity (Wildman–Crippen MR) is 126 cm³/mol. The lowest BCUT2D eigenvalue weighted by molar-refractivity contribution is -0.384. The van der Waals surface area contributed by atoms with Gasteiger partial charge in [0.1, 0.15) is 27.2 Å². The first kappa shape index (κ1) is 22.6. The highest BCUT2D eigenvalue weighted by Crippen LogP contribution is 2.41. The van der Waals surface area contributed by atoms with Gasteiger partial charge in [0.2, 0.25) is 5.91 Å². The zero-order valence-corrected chi connectivity index (χ0v) is 19.1. The van der Waals surface area contributed by atoms with Crippen molar-refractivity contribution < 1.29 is 19.2 Å². The fraction of sp³-hybridized carbons (Fsp3) is 0.136. The zero-order chi connectivity index (χ0) is 23.7. The van der Waals surface area contributed by atoms with Crippen LogP contribution in [0.5, 0.6) is 5.75 Å². The Morgan fingerprint density at radius 2 is 1.94 bits per heavy atom. The molecule has 2 aromatic carbocycles. The van der Waals surface area contributed by atoms with E-state index in [4.69, 9.17) is 0 Å². The van der Waals surface area contributed by atoms with Gasteiger partial charge >= 0.3 is 0 Å². The monoisotopic (exact) mass is 484 g/mol. The highest BCUT2D eigenvalue weighted by atomic mass is 32.2. The quantitative estimate of drug-likeness (QED) is 0.123. The number of phenolic OH excluding ortho intramolecular Hbond substituents is 1. The number of phenols is 1. The van der Waals surface area contributed by atoms with Crippen LogP contribution in [0.2, 0.25) is 0 Å². The number of hydrogen-bond donors (Lipinski definition) is 2. The summed E-state index contributed by atoms with van der Waals surface area (Å²) in [5.41, 5.74) is 1.41. The molecule has 1 amide bonds. The van der Waals surface area contributed by atoms with E-state index in [1.165, 1.54) is 35.2 Å². The third-order valence-electron chi connectivity index (χ3n) is 4.74. The van der Waals surface area contributed by atoms with Gasteiger partial charge in [-0.05, 0) is 37.6 Å². The number of nitrogens with zero attached hydrogens (tertiary/aromatic N) is 3. The molecule has 2 aromatic heterocycles. The Balaban J connectivity index is 1.63. The topological polar surface area (TPSA) is 118 Å². The van der Waals surface area contributed by atoms with Gasteiger partial charge in [0, 0.05) is 22.6 Å². The van der Waals surface area contributed by atoms with E-state index < -0.39 is 10.8 Å². The maximum Gasteiger partial charge on any atom is 0.271 e. The molecule has 0 fully saturated rings. The van der Waals surface area contributed by atoms with Gasteiger partial charge in [0.25, 0.3) is 5.69 Å². The largest absolute Gasteiger partial charge is 0.506 e. The highest BCUT2D eigenvalue weighted by Gasteiger charge is 2.19. The molecule has 4 aromatic rings. The van der Waals surface area contributed by atoms with Crippen molar-refractivity contribution in [3.63, 3.8) is 0 Å². The summed E-state index contributed by atoms with van der Waals surface area (Å²) in [6.07, 6.45) is 0. The maximum atomic E-state index is 13.4. The van der Waals surface area contributed by atoms with E-state index in [1.807, 2.05) is 6.92 Å². The number of hydrogen-bond acceptors (Lipinski definition) is 8. The first-order valence-electron chi connectivity index (χ1n) is 9.66. The minimum absolute atomic E-state index is 0.0443. The van der Waals surface area contributed by atoms with Crippen molar-refractivity contribution in [2.45, 2.75) is 18.9 Å². The number of thiophene rings is 1. The van der Waals surface area contributed by atoms with Gasteiger partial charge in [-0.25, -0.2) is 14.4 Å². The molecule has 0 bridgehead atoms. The molecule has 0 saturated heterocycles. The molecule has 0 spiro atoms. The molecule has 0 aliphatic carbocycles. The second kappa shape index (κ2) is 9.12. The number of nitrogens with one attached hydrogen (secondary N) is 1. The number of amides is 1. The van der Waals surface area contributed by atoms with Crippen molar-refractivity contribution in [1.82, 2.24) is 9.97 Å². The van der Waals surface area contributed by atoms with Crippen molar-refractivity contribution in [3.8, 4) is 16.9 Å². The van der Waals surface area contributed by atoms with E-state index in [2.05, 4.69) is 15.3 Å². The molecule has 11 heteroatoms. The Labute approximate surface area is 195 Å². The number of carbonyl (C=O) groups is 1. The fourth-order valence-electron chi connectivity index (χ4n) is 3.31. The van der Waals surface area contributed by atoms with Crippen LogP contribution in [0.15, 0.2) is 47.5 Å². The molecule has 4 rings (SSSR count). The lowest BCUT2D eigenvalue weighted by atomic mass is 10.0. The molecule has 0 atom stereocenters. The number of aromatic hydroxyl groups is 1. The number of non-ortho nitro benzene ring substituents is 1. The smallest absolute Gasteiger partial charge is 0.271 e. The number of benzene rings is 2. The molecule has 2 heterocycles. The molecule has 0 aliphatic rings. The third kappa shape index (κ3) is 4.78. The summed E-state index contributed by atoms with van der Waals surface area (Å²) < 4.78 is 13.4. The van der Waals surface area contributed by atoms with E-state index in [9.17, 15) is 24.4 Å². The Morgan fingerprint density at radius 1 is 1.21 bits per heavy atom. The Morgan fingerprint density at radius 3 is 2.64 bits per heavy atom. The normalized spacial score (nSPS) is 11.0. The number of fused-ring (bicyclic) bond motifs is 1. The number of nitro benzene ring substituents is 1. The van der Waals surface area contributed by atoms with Crippen LogP contribution in [-0.2, 0) is 4.79 Å². The van der Waals surface area contributed by atoms with Crippen LogP contribution in [0.3, 0.4) is 0 Å². The molecule has 2 N–H and O–H groups in total. The predicted octanol–water partition coefficient (Wildman–Crippen LogP) is 5.46. The van der Waals surface area contributed by atoms with Gasteiger partial charge in [-0.15, -0.1) is 11.3 Å². The second-order valence-electron chi connectivity index (χ2n) is 7.09. The SMILES string of the molecule is Cc1nc(SCC(=O)Nc2cc([N+](=O)[O-])ccc2O)c2c(-c3ccc(F)cc3)c(C)sc2n1. The maximum absolute atomic E-state index is 13.4. The first-order chi connectivity index (χ1) is 15.7. The van der Waals surface area contributed by atoms with Gasteiger partial charge in [0.05, 0.1) is 21.7 Å². The van der Waals surface area contributed by atoms with Crippen LogP contribution in [0.25, 0.3) is 21.3 Å². The molecule has 0 radical (unpaired) electrons. The van der Waals surface area contributed by atoms with Crippen LogP contribution in [0.4, 0.5) is 15.8 Å². The molecule has 8 nitrogen and oxygen atoms in total. The highest BCUT2D eigenvalue weighted by molar-refractivity contribution is 8.00. The number of rotatable bonds is 6. The van der Waals surface area contributed by atoms with Crippen LogP contribution in [-0.4, -0.2) is 31.7 Å². The molecule has 0 aliphatic heterocycles. The molecule has 33 heavy (non-hydrogen) atoms. The van der Waals surface area contributed by atoms with E-state index in [1.54, 1.807) is 19.1 Å². The van der Waals surface area contributed by atoms with E-state index >= 15 is 0 Å². The molecule has 168 valence electrons. The number of anilines is 1. The van der Waals surface area contributed by atoms with Gasteiger partial charge < -0.3 is 10.4 Å². The minimum Gasteiger partial charge on any atom is -0.506 e. The average Bonchev–Trinajstić information content (AvgIpc) is 3.09. The summed E-state index contributed by atoms with van der Waals surface area (Å²) in [5.74, 6) is -0.569. The van der Waals surface area contributed by atoms with Crippen molar-refractivity contribution in [2.24, 2.45) is 0 Å². The number of thioether (sulfide) groups is 1. The zero-order valence-electron chi connectivity index (χ0n) is 17.5. The van der Waals surface area contributed by atoms with E-state index in [-0.39, 0.29) is 28.7 Å². The summed E-state index contributed by atoms with van der Waals surface area (Å²) in [4.78, 5) is 33.7. The molecule has 0 unspecified atom stereocenters. The lowest BCUT2D eigenvalue weighted by Crippen LogP contribution is -2.14. The van der Waals surface area contributed by atoms with Crippen LogP contribution in [0.1, 0.15) is 10.7 Å². The Bertz CT molecular complexity index is 1390. The third-order valence-corrected chi connectivity index (χ3v) is 6.72. The lowest BCUT2D eigenvalue weighted by Gasteiger charge is -2.09. The van der Waals surface area contributed by atoms with E-state index in [0.717, 1.165) is 44.4 Å². The standard InChI is InChI=1S/C22H17FN4O4S2/c1-11-19(13-3-5-14(23)6-4-13)20-21(24-12(2)25-22(20)33-11)32-10-18(29)26-16-9-15(27(30)31)7-8-17(16)28/h3-9,28H,10H2,1-2H3,(H,26,29). The Kier molecular flexibility index (Phi) is 6.25. The van der Waals surface area contributed by atoms with Crippen LogP contribution in [0, 0.1) is 29.8 Å². The molecular weight excluding hydrogens is 467 g/mol. The van der Waals surface area contributed by atoms with Crippen molar-refractivity contribution in [2.75, 3.05) is 11.1 Å². The summed E-state index contributed by atoms with van der Waals surface area (Å²) in [7, 11) is 0. The average molecular weight is 485 g/mol. The number of aromatic nitrogens is 2. The van der Waals surface area contributed by atoms with Crippen molar-refractivity contribution >= 4 is 50.6 Å². The first-order valence-corrected chi connectivity index (χ1v) is 11.5. The Hall–Kier alpha value is -3.57. The number of nitro groups is 1. The second-order valence-corrected chi connectivity index (χ2v) is 9.26. The number of halogens is 1. The van der Waals surface area contributed by atoms with Crippen molar-refractivity contribution in [1.29, 1.82) is 0 Å². The van der Waals surface area contributed by atoms with E-state index in [0.29, 0.717) is 10.9 Å². The number of carbonyl (C=O) groups excluding carboxylic acids is 1. The summed E-state index contributed by atoms with van der Waals surface area (Å²) in [5, 5.41) is 24.8. The van der Waals surface area contributed by atoms with Crippen molar-refractivity contribution in [3.05, 3.63) is 69.1 Å². The van der Waals surface area contributed by atoms with Crippen LogP contribution < -0.4 is 5.32 Å². The summed E-state index contributed by atoms with van der Waals surface area (Å²) in [6, 6.07) is 9.56. The van der Waals surface area contributed by atoms with Crippen LogP contribution >= 0.6 is 23.1 Å². The minimum atomic E-state index is -0.611. The fourth-order valence-corrected chi connectivity index (χ4v) is 5.34. The summed E-state index contributed by atoms with van der Waals surface area (Å²) >= 11 is 2.68. The summed E-state index contributed by atoms with van der Waals surface area (Å²) in [6.45, 7) is 3.71. The van der Waals surface area contributed by atoms with Gasteiger partial charge in [-0.3, -0.25) is 14.9 Å². The van der Waals surface area contributed by atoms with Gasteiger partial charge in [-0.2, -0.15) is 0 Å². The van der Waals surface area contributed by atoms with Gasteiger partial charge in [0.15, 0.2) is 0 Å². The van der Waals surface area contributed by atoms with Gasteiger partial charge in [-0.1, -0.05) is 23.9 Å². The number of aryl methyl sites for hydroxylation is 2. The molecule has 0 saturated carbocycles. The molecular formula is C22H17FN4O4S2.